The molecule has 0 saturated carbocycles. The number of nitrogens with zero attached hydrogens (tertiary/aromatic N) is 4. The number of rotatable bonds is 6. The van der Waals surface area contributed by atoms with E-state index in [-0.39, 0.29) is 36.1 Å². The van der Waals surface area contributed by atoms with Crippen LogP contribution in [-0.4, -0.2) is 58.3 Å². The largest absolute Gasteiger partial charge is 0.444 e. The standard InChI is InChI=1S/C23H34N6O2.HI/c1-23(2,3)31-22(30)27-19-11-14-29(17-19)21(24-4)26-16-20-25-12-15-28(20)13-10-18-8-6-5-7-9-18;/h5-9,12,15,19H,10-11,13-14,16-17H2,1-4H3,(H,24,26)(H,27,30);1H/t19-;/m1./s1. The maximum atomic E-state index is 12.0. The summed E-state index contributed by atoms with van der Waals surface area (Å²) in [5.74, 6) is 1.78. The molecule has 1 aliphatic rings. The molecule has 0 bridgehead atoms. The second-order valence-electron chi connectivity index (χ2n) is 8.75. The van der Waals surface area contributed by atoms with Crippen molar-refractivity contribution in [2.24, 2.45) is 4.99 Å². The first-order valence-electron chi connectivity index (χ1n) is 10.8. The molecule has 0 radical (unpaired) electrons. The van der Waals surface area contributed by atoms with Crippen LogP contribution in [0.5, 0.6) is 0 Å². The Morgan fingerprint density at radius 2 is 2.03 bits per heavy atom. The molecule has 1 aromatic carbocycles. The van der Waals surface area contributed by atoms with Gasteiger partial charge in [0.2, 0.25) is 0 Å². The number of ether oxygens (including phenoxy) is 1. The lowest BCUT2D eigenvalue weighted by molar-refractivity contribution is 0.0507. The number of imidazole rings is 1. The molecule has 1 aromatic heterocycles. The van der Waals surface area contributed by atoms with E-state index in [1.165, 1.54) is 5.56 Å². The Balaban J connectivity index is 0.00000363. The van der Waals surface area contributed by atoms with Crippen LogP contribution in [0.15, 0.2) is 47.7 Å². The van der Waals surface area contributed by atoms with Gasteiger partial charge in [-0.05, 0) is 39.2 Å². The van der Waals surface area contributed by atoms with Crippen molar-refractivity contribution in [2.75, 3.05) is 20.1 Å². The summed E-state index contributed by atoms with van der Waals surface area (Å²) < 4.78 is 7.53. The Bertz CT molecular complexity index is 878. The predicted octanol–water partition coefficient (Wildman–Crippen LogP) is 3.42. The van der Waals surface area contributed by atoms with Gasteiger partial charge in [-0.2, -0.15) is 0 Å². The average Bonchev–Trinajstić information content (AvgIpc) is 3.36. The van der Waals surface area contributed by atoms with Crippen molar-refractivity contribution >= 4 is 36.0 Å². The molecule has 1 aliphatic heterocycles. The van der Waals surface area contributed by atoms with Gasteiger partial charge in [-0.3, -0.25) is 4.99 Å². The second kappa shape index (κ2) is 12.1. The Morgan fingerprint density at radius 1 is 1.28 bits per heavy atom. The van der Waals surface area contributed by atoms with Crippen molar-refractivity contribution in [3.05, 3.63) is 54.1 Å². The molecule has 32 heavy (non-hydrogen) atoms. The molecule has 1 atom stereocenters. The summed E-state index contributed by atoms with van der Waals surface area (Å²) >= 11 is 0. The summed E-state index contributed by atoms with van der Waals surface area (Å²) in [4.78, 5) is 23.1. The first-order chi connectivity index (χ1) is 14.8. The molecule has 0 spiro atoms. The molecule has 0 unspecified atom stereocenters. The van der Waals surface area contributed by atoms with E-state index in [1.807, 2.05) is 39.2 Å². The highest BCUT2D eigenvalue weighted by Gasteiger charge is 2.27. The summed E-state index contributed by atoms with van der Waals surface area (Å²) in [5.41, 5.74) is 0.814. The Morgan fingerprint density at radius 3 is 2.72 bits per heavy atom. The van der Waals surface area contributed by atoms with Crippen molar-refractivity contribution in [3.63, 3.8) is 0 Å². The van der Waals surface area contributed by atoms with Crippen LogP contribution in [0.4, 0.5) is 4.79 Å². The number of likely N-dealkylation sites (tertiary alicyclic amines) is 1. The number of halogens is 1. The number of benzene rings is 1. The van der Waals surface area contributed by atoms with Crippen LogP contribution in [0.3, 0.4) is 0 Å². The van der Waals surface area contributed by atoms with Gasteiger partial charge in [0.15, 0.2) is 5.96 Å². The van der Waals surface area contributed by atoms with Crippen LogP contribution >= 0.6 is 24.0 Å². The SMILES string of the molecule is CN=C(NCc1nccn1CCc1ccccc1)N1CC[C@@H](NC(=O)OC(C)(C)C)C1.I. The minimum absolute atomic E-state index is 0. The molecule has 9 heteroatoms. The molecule has 176 valence electrons. The second-order valence-corrected chi connectivity index (χ2v) is 8.75. The number of aliphatic imine (C=N–C) groups is 1. The number of carbonyl (C=O) groups is 1. The Kier molecular flexibility index (Phi) is 9.80. The number of hydrogen-bond acceptors (Lipinski definition) is 4. The van der Waals surface area contributed by atoms with E-state index >= 15 is 0 Å². The maximum absolute atomic E-state index is 12.0. The third-order valence-electron chi connectivity index (χ3n) is 5.11. The van der Waals surface area contributed by atoms with E-state index in [4.69, 9.17) is 4.74 Å². The van der Waals surface area contributed by atoms with Crippen molar-refractivity contribution < 1.29 is 9.53 Å². The van der Waals surface area contributed by atoms with Gasteiger partial charge in [-0.1, -0.05) is 30.3 Å². The lowest BCUT2D eigenvalue weighted by Gasteiger charge is -2.23. The third kappa shape index (κ3) is 7.99. The van der Waals surface area contributed by atoms with Gasteiger partial charge >= 0.3 is 6.09 Å². The maximum Gasteiger partial charge on any atom is 0.407 e. The van der Waals surface area contributed by atoms with Gasteiger partial charge < -0.3 is 24.8 Å². The summed E-state index contributed by atoms with van der Waals surface area (Å²) in [6.07, 6.45) is 5.29. The predicted molar refractivity (Wildman–Crippen MR) is 137 cm³/mol. The average molecular weight is 554 g/mol. The Hall–Kier alpha value is -2.30. The van der Waals surface area contributed by atoms with Crippen LogP contribution in [0.25, 0.3) is 0 Å². The molecule has 1 amide bonds. The van der Waals surface area contributed by atoms with Crippen LogP contribution < -0.4 is 10.6 Å². The lowest BCUT2D eigenvalue weighted by Crippen LogP contribution is -2.44. The number of amides is 1. The lowest BCUT2D eigenvalue weighted by atomic mass is 10.1. The van der Waals surface area contributed by atoms with Crippen molar-refractivity contribution in [1.82, 2.24) is 25.1 Å². The number of hydrogen-bond donors (Lipinski definition) is 2. The molecule has 2 N–H and O–H groups in total. The van der Waals surface area contributed by atoms with Crippen LogP contribution in [0.1, 0.15) is 38.6 Å². The molecular weight excluding hydrogens is 519 g/mol. The number of alkyl carbamates (subject to hydrolysis) is 1. The van der Waals surface area contributed by atoms with E-state index in [0.717, 1.165) is 37.7 Å². The fraction of sp³-hybridized carbons (Fsp3) is 0.522. The molecule has 3 rings (SSSR count). The summed E-state index contributed by atoms with van der Waals surface area (Å²) in [6.45, 7) is 8.58. The normalized spacial score (nSPS) is 16.4. The van der Waals surface area contributed by atoms with Crippen LogP contribution in [-0.2, 0) is 24.2 Å². The van der Waals surface area contributed by atoms with E-state index in [9.17, 15) is 4.79 Å². The fourth-order valence-corrected chi connectivity index (χ4v) is 3.64. The number of aryl methyl sites for hydroxylation is 2. The molecular formula is C23H35IN6O2. The zero-order valence-corrected chi connectivity index (χ0v) is 21.7. The van der Waals surface area contributed by atoms with E-state index < -0.39 is 5.60 Å². The fourth-order valence-electron chi connectivity index (χ4n) is 3.64. The van der Waals surface area contributed by atoms with Crippen molar-refractivity contribution in [1.29, 1.82) is 0 Å². The van der Waals surface area contributed by atoms with E-state index in [0.29, 0.717) is 13.1 Å². The van der Waals surface area contributed by atoms with Crippen LogP contribution in [0, 0.1) is 0 Å². The number of aromatic nitrogens is 2. The van der Waals surface area contributed by atoms with E-state index in [2.05, 4.69) is 54.3 Å². The number of carbonyl (C=O) groups excluding carboxylic acids is 1. The van der Waals surface area contributed by atoms with Gasteiger partial charge in [0, 0.05) is 39.1 Å². The highest BCUT2D eigenvalue weighted by atomic mass is 127. The molecule has 1 saturated heterocycles. The van der Waals surface area contributed by atoms with Crippen LogP contribution in [0.2, 0.25) is 0 Å². The quantitative estimate of drug-likeness (QED) is 0.325. The Labute approximate surface area is 207 Å². The van der Waals surface area contributed by atoms with Crippen molar-refractivity contribution in [3.8, 4) is 0 Å². The summed E-state index contributed by atoms with van der Waals surface area (Å²) in [7, 11) is 1.78. The first kappa shape index (κ1) is 26.0. The summed E-state index contributed by atoms with van der Waals surface area (Å²) in [5, 5.41) is 6.37. The smallest absolute Gasteiger partial charge is 0.407 e. The van der Waals surface area contributed by atoms with Crippen molar-refractivity contribution in [2.45, 2.75) is 58.3 Å². The topological polar surface area (TPSA) is 83.8 Å². The first-order valence-corrected chi connectivity index (χ1v) is 10.8. The molecule has 2 aromatic rings. The third-order valence-corrected chi connectivity index (χ3v) is 5.11. The number of guanidine groups is 1. The molecule has 2 heterocycles. The number of nitrogens with one attached hydrogen (secondary N) is 2. The van der Waals surface area contributed by atoms with E-state index in [1.54, 1.807) is 7.05 Å². The van der Waals surface area contributed by atoms with Gasteiger partial charge in [0.05, 0.1) is 12.6 Å². The van der Waals surface area contributed by atoms with Gasteiger partial charge in [-0.15, -0.1) is 24.0 Å². The monoisotopic (exact) mass is 554 g/mol. The zero-order valence-electron chi connectivity index (χ0n) is 19.4. The minimum Gasteiger partial charge on any atom is -0.444 e. The molecule has 8 nitrogen and oxygen atoms in total. The highest BCUT2D eigenvalue weighted by molar-refractivity contribution is 14.0. The molecule has 1 fully saturated rings. The van der Waals surface area contributed by atoms with Gasteiger partial charge in [-0.25, -0.2) is 9.78 Å². The van der Waals surface area contributed by atoms with Gasteiger partial charge in [0.25, 0.3) is 0 Å². The molecule has 0 aliphatic carbocycles. The van der Waals surface area contributed by atoms with Gasteiger partial charge in [0.1, 0.15) is 11.4 Å². The minimum atomic E-state index is -0.498. The summed E-state index contributed by atoms with van der Waals surface area (Å²) in [6, 6.07) is 10.5. The zero-order chi connectivity index (χ0) is 22.3. The highest BCUT2D eigenvalue weighted by Crippen LogP contribution is 2.12.